The fraction of sp³-hybridized carbons (Fsp3) is 0.400. The van der Waals surface area contributed by atoms with E-state index in [1.54, 1.807) is 0 Å². The number of halogens is 1. The zero-order valence-corrected chi connectivity index (χ0v) is 27.0. The number of aryl methyl sites for hydroxylation is 2. The van der Waals surface area contributed by atoms with Crippen LogP contribution in [0.3, 0.4) is 0 Å². The van der Waals surface area contributed by atoms with Crippen molar-refractivity contribution in [1.29, 1.82) is 0 Å². The predicted molar refractivity (Wildman–Crippen MR) is 160 cm³/mol. The molecule has 0 aliphatic rings. The number of guanidine groups is 1. The first kappa shape index (κ1) is 37.1. The molecule has 2 aromatic rings. The van der Waals surface area contributed by atoms with Crippen LogP contribution in [0.15, 0.2) is 39.0 Å². The van der Waals surface area contributed by atoms with Crippen molar-refractivity contribution in [3.63, 3.8) is 0 Å². The molecular formula is C25H32ClN5O10S2. The number of carbonyl (C=O) groups excluding carboxylic acids is 2. The smallest absolute Gasteiger partial charge is 0.288 e. The van der Waals surface area contributed by atoms with Crippen LogP contribution in [0.2, 0.25) is 0 Å². The highest BCUT2D eigenvalue weighted by Gasteiger charge is 2.38. The van der Waals surface area contributed by atoms with E-state index >= 15 is 0 Å². The maximum Gasteiger partial charge on any atom is 0.288 e. The van der Waals surface area contributed by atoms with Crippen LogP contribution >= 0.6 is 11.6 Å². The zero-order valence-electron chi connectivity index (χ0n) is 24.6. The molecular weight excluding hydrogens is 630 g/mol. The van der Waals surface area contributed by atoms with Gasteiger partial charge in [0.05, 0.1) is 24.9 Å². The highest BCUT2D eigenvalue weighted by atomic mass is 35.5. The largest absolute Gasteiger partial charge is 0.370 e. The number of nitro benzene ring substituents is 2. The van der Waals surface area contributed by atoms with E-state index in [-0.39, 0.29) is 22.3 Å². The monoisotopic (exact) mass is 661 g/mol. The molecule has 0 bridgehead atoms. The van der Waals surface area contributed by atoms with Gasteiger partial charge in [-0.1, -0.05) is 0 Å². The fourth-order valence-electron chi connectivity index (χ4n) is 3.34. The number of aliphatic imine (C=N–C) groups is 1. The first-order chi connectivity index (χ1) is 19.2. The molecule has 0 heterocycles. The van der Waals surface area contributed by atoms with Gasteiger partial charge in [0, 0.05) is 17.7 Å². The minimum atomic E-state index is -3.98. The van der Waals surface area contributed by atoms with Crippen molar-refractivity contribution in [3.8, 4) is 0 Å². The first-order valence-electron chi connectivity index (χ1n) is 12.1. The van der Waals surface area contributed by atoms with Crippen LogP contribution in [-0.4, -0.2) is 53.3 Å². The number of nitrogens with zero attached hydrogens (tertiary/aromatic N) is 3. The van der Waals surface area contributed by atoms with Gasteiger partial charge >= 0.3 is 0 Å². The van der Waals surface area contributed by atoms with E-state index in [0.29, 0.717) is 0 Å². The molecule has 43 heavy (non-hydrogen) atoms. The lowest BCUT2D eigenvalue weighted by Gasteiger charge is -2.19. The van der Waals surface area contributed by atoms with E-state index in [4.69, 9.17) is 23.1 Å². The molecule has 0 spiro atoms. The molecule has 0 aliphatic carbocycles. The van der Waals surface area contributed by atoms with Crippen LogP contribution in [0.5, 0.6) is 0 Å². The molecule has 18 heteroatoms. The predicted octanol–water partition coefficient (Wildman–Crippen LogP) is 3.74. The molecule has 2 rings (SSSR count). The standard InChI is InChI=1S/C13H18N4O5S.C12H14ClNO5S/c1-7-5-10(23(21,22)13(2,3)4)9(17(19)20)6-8(7)11(18)16-12(14)15;1-7-5-10(20(18,19)12(2,3)4)9(14(16)17)6-8(7)11(13)15/h5-6H,1-4H3,(H4,14,15,16,18);5-6H,1-4H3. The Bertz CT molecular complexity index is 1750. The normalized spacial score (nSPS) is 12.0. The summed E-state index contributed by atoms with van der Waals surface area (Å²) in [6, 6.07) is 3.99. The van der Waals surface area contributed by atoms with Gasteiger partial charge in [-0.25, -0.2) is 16.8 Å². The van der Waals surface area contributed by atoms with Gasteiger partial charge < -0.3 is 11.5 Å². The molecule has 0 saturated heterocycles. The second-order valence-electron chi connectivity index (χ2n) is 11.1. The van der Waals surface area contributed by atoms with Crippen molar-refractivity contribution in [2.45, 2.75) is 74.7 Å². The van der Waals surface area contributed by atoms with Crippen LogP contribution in [-0.2, 0) is 19.7 Å². The molecule has 0 unspecified atom stereocenters. The Labute approximate surface area is 253 Å². The minimum absolute atomic E-state index is 0.0776. The number of benzene rings is 2. The number of nitro groups is 2. The van der Waals surface area contributed by atoms with E-state index in [2.05, 4.69) is 4.99 Å². The lowest BCUT2D eigenvalue weighted by molar-refractivity contribution is -0.388. The first-order valence-corrected chi connectivity index (χ1v) is 15.4. The molecule has 15 nitrogen and oxygen atoms in total. The van der Waals surface area contributed by atoms with Gasteiger partial charge in [-0.3, -0.25) is 29.8 Å². The van der Waals surface area contributed by atoms with E-state index in [1.165, 1.54) is 55.4 Å². The van der Waals surface area contributed by atoms with Crippen molar-refractivity contribution >= 4 is 59.8 Å². The van der Waals surface area contributed by atoms with Gasteiger partial charge in [0.1, 0.15) is 9.79 Å². The second kappa shape index (κ2) is 12.7. The minimum Gasteiger partial charge on any atom is -0.370 e. The van der Waals surface area contributed by atoms with Gasteiger partial charge in [-0.2, -0.15) is 4.99 Å². The summed E-state index contributed by atoms with van der Waals surface area (Å²) in [6.07, 6.45) is 0. The Morgan fingerprint density at radius 3 is 1.35 bits per heavy atom. The fourth-order valence-corrected chi connectivity index (χ4v) is 6.34. The number of rotatable bonds is 6. The Hall–Kier alpha value is -3.96. The van der Waals surface area contributed by atoms with Gasteiger partial charge in [0.2, 0.25) is 0 Å². The van der Waals surface area contributed by atoms with Crippen molar-refractivity contribution in [2.75, 3.05) is 0 Å². The summed E-state index contributed by atoms with van der Waals surface area (Å²) in [6.45, 7) is 11.5. The summed E-state index contributed by atoms with van der Waals surface area (Å²) in [4.78, 5) is 46.2. The second-order valence-corrected chi connectivity index (χ2v) is 16.8. The van der Waals surface area contributed by atoms with Crippen LogP contribution in [0.1, 0.15) is 73.4 Å². The number of amides is 1. The Balaban J connectivity index is 0.000000434. The topological polar surface area (TPSA) is 253 Å². The number of carbonyl (C=O) groups is 2. The summed E-state index contributed by atoms with van der Waals surface area (Å²) in [7, 11) is -7.89. The summed E-state index contributed by atoms with van der Waals surface area (Å²) in [5.74, 6) is -1.38. The molecule has 4 N–H and O–H groups in total. The third-order valence-electron chi connectivity index (χ3n) is 5.87. The number of sulfone groups is 2. The Kier molecular flexibility index (Phi) is 11.0. The quantitative estimate of drug-likeness (QED) is 0.147. The molecule has 0 radical (unpaired) electrons. The van der Waals surface area contributed by atoms with E-state index in [1.807, 2.05) is 0 Å². The maximum atomic E-state index is 12.5. The molecule has 0 fully saturated rings. The average Bonchev–Trinajstić information content (AvgIpc) is 2.81. The van der Waals surface area contributed by atoms with E-state index in [9.17, 15) is 46.7 Å². The Morgan fingerprint density at radius 2 is 1.07 bits per heavy atom. The third-order valence-corrected chi connectivity index (χ3v) is 11.1. The highest BCUT2D eigenvalue weighted by Crippen LogP contribution is 2.35. The lowest BCUT2D eigenvalue weighted by atomic mass is 10.1. The number of hydrogen-bond acceptors (Lipinski definition) is 10. The van der Waals surface area contributed by atoms with Crippen molar-refractivity contribution in [1.82, 2.24) is 0 Å². The molecule has 0 atom stereocenters. The molecule has 1 amide bonds. The number of hydrogen-bond donors (Lipinski definition) is 2. The SMILES string of the molecule is Cc1cc(S(=O)(=O)C(C)(C)C)c([N+](=O)[O-])cc1C(=O)Cl.Cc1cc(S(=O)(=O)C(C)(C)C)c([N+](=O)[O-])cc1C(=O)N=C(N)N. The summed E-state index contributed by atoms with van der Waals surface area (Å²) < 4.78 is 47.4. The van der Waals surface area contributed by atoms with E-state index in [0.717, 1.165) is 24.3 Å². The number of nitrogens with two attached hydrogens (primary N) is 2. The van der Waals surface area contributed by atoms with Crippen molar-refractivity contribution in [3.05, 3.63) is 66.7 Å². The van der Waals surface area contributed by atoms with Crippen LogP contribution in [0, 0.1) is 34.1 Å². The molecule has 0 saturated carbocycles. The van der Waals surface area contributed by atoms with Gasteiger partial charge in [0.25, 0.3) is 22.5 Å². The summed E-state index contributed by atoms with van der Waals surface area (Å²) >= 11 is 5.33. The van der Waals surface area contributed by atoms with Crippen LogP contribution in [0.25, 0.3) is 0 Å². The summed E-state index contributed by atoms with van der Waals surface area (Å²) in [5, 5.41) is 21.4. The van der Waals surface area contributed by atoms with Gasteiger partial charge in [0.15, 0.2) is 25.6 Å². The zero-order chi connectivity index (χ0) is 34.0. The van der Waals surface area contributed by atoms with Crippen LogP contribution < -0.4 is 11.5 Å². The van der Waals surface area contributed by atoms with Crippen molar-refractivity contribution < 1.29 is 36.3 Å². The van der Waals surface area contributed by atoms with Gasteiger partial charge in [-0.15, -0.1) is 0 Å². The molecule has 236 valence electrons. The highest BCUT2D eigenvalue weighted by molar-refractivity contribution is 7.93. The maximum absolute atomic E-state index is 12.5. The molecule has 2 aromatic carbocycles. The third kappa shape index (κ3) is 8.11. The molecule has 0 aromatic heterocycles. The van der Waals surface area contributed by atoms with Crippen LogP contribution in [0.4, 0.5) is 11.4 Å². The summed E-state index contributed by atoms with van der Waals surface area (Å²) in [5.41, 5.74) is 9.16. The lowest BCUT2D eigenvalue weighted by Crippen LogP contribution is -2.29. The average molecular weight is 662 g/mol. The van der Waals surface area contributed by atoms with Gasteiger partial charge in [-0.05, 0) is 90.3 Å². The Morgan fingerprint density at radius 1 is 0.744 bits per heavy atom. The van der Waals surface area contributed by atoms with E-state index < -0.39 is 77.3 Å². The molecule has 0 aliphatic heterocycles. The van der Waals surface area contributed by atoms with Crippen molar-refractivity contribution in [2.24, 2.45) is 16.5 Å².